The van der Waals surface area contributed by atoms with Gasteiger partial charge in [-0.1, -0.05) is 0 Å². The van der Waals surface area contributed by atoms with Crippen LogP contribution in [0.25, 0.3) is 16.6 Å². The fourth-order valence-electron chi connectivity index (χ4n) is 3.98. The normalized spacial score (nSPS) is 23.7. The van der Waals surface area contributed by atoms with Crippen molar-refractivity contribution in [3.63, 3.8) is 0 Å². The molecule has 3 N–H and O–H groups in total. The number of aliphatic imine (C=N–C) groups is 1. The minimum Gasteiger partial charge on any atom is -0.488 e. The fraction of sp³-hybridized carbons (Fsp3) is 0.500. The highest BCUT2D eigenvalue weighted by Crippen LogP contribution is 2.41. The topological polar surface area (TPSA) is 104 Å². The van der Waals surface area contributed by atoms with E-state index < -0.39 is 0 Å². The second-order valence-electron chi connectivity index (χ2n) is 8.41. The van der Waals surface area contributed by atoms with E-state index in [1.807, 2.05) is 25.4 Å². The van der Waals surface area contributed by atoms with E-state index in [4.69, 9.17) is 15.2 Å². The molecule has 2 atom stereocenters. The van der Waals surface area contributed by atoms with Crippen molar-refractivity contribution in [1.82, 2.24) is 14.9 Å². The molecular formula is C22H27N5O3. The largest absolute Gasteiger partial charge is 0.488 e. The summed E-state index contributed by atoms with van der Waals surface area (Å²) in [6.45, 7) is 3.98. The van der Waals surface area contributed by atoms with Crippen molar-refractivity contribution >= 4 is 28.7 Å². The average molecular weight is 409 g/mol. The summed E-state index contributed by atoms with van der Waals surface area (Å²) in [5.74, 6) is 1.01. The molecule has 1 aliphatic carbocycles. The van der Waals surface area contributed by atoms with E-state index in [1.165, 1.54) is 0 Å². The monoisotopic (exact) mass is 409 g/mol. The lowest BCUT2D eigenvalue weighted by atomic mass is 10.0. The van der Waals surface area contributed by atoms with Gasteiger partial charge < -0.3 is 25.1 Å². The van der Waals surface area contributed by atoms with Crippen LogP contribution in [0.3, 0.4) is 0 Å². The second-order valence-corrected chi connectivity index (χ2v) is 8.41. The van der Waals surface area contributed by atoms with E-state index >= 15 is 0 Å². The molecule has 8 nitrogen and oxygen atoms in total. The molecule has 3 aliphatic rings. The van der Waals surface area contributed by atoms with Gasteiger partial charge in [0.05, 0.1) is 31.1 Å². The number of amides is 1. The molecule has 158 valence electrons. The summed E-state index contributed by atoms with van der Waals surface area (Å²) in [5, 5.41) is 2.90. The zero-order valence-corrected chi connectivity index (χ0v) is 17.1. The SMILES string of the molecule is C[C@@H](Oc1cc(C(C=NC2COC2)=CN)cc2ncn(C3CC3)c12)[C@H]1CNC(=O)C1. The van der Waals surface area contributed by atoms with Crippen LogP contribution in [0.1, 0.15) is 37.8 Å². The summed E-state index contributed by atoms with van der Waals surface area (Å²) < 4.78 is 13.8. The van der Waals surface area contributed by atoms with Crippen molar-refractivity contribution in [3.8, 4) is 5.75 Å². The van der Waals surface area contributed by atoms with Gasteiger partial charge in [0, 0.05) is 42.9 Å². The molecule has 2 aliphatic heterocycles. The first-order valence-corrected chi connectivity index (χ1v) is 10.6. The molecule has 5 rings (SSSR count). The number of carbonyl (C=O) groups excluding carboxylic acids is 1. The number of nitrogens with zero attached hydrogens (tertiary/aromatic N) is 3. The van der Waals surface area contributed by atoms with E-state index in [9.17, 15) is 4.79 Å². The van der Waals surface area contributed by atoms with Gasteiger partial charge in [-0.3, -0.25) is 9.79 Å². The Morgan fingerprint density at radius 2 is 2.27 bits per heavy atom. The lowest BCUT2D eigenvalue weighted by molar-refractivity contribution is -0.119. The molecule has 1 aromatic carbocycles. The Kier molecular flexibility index (Phi) is 4.94. The van der Waals surface area contributed by atoms with Crippen LogP contribution in [-0.4, -0.2) is 53.6 Å². The van der Waals surface area contributed by atoms with Crippen molar-refractivity contribution in [3.05, 3.63) is 30.2 Å². The summed E-state index contributed by atoms with van der Waals surface area (Å²) in [4.78, 5) is 20.8. The Balaban J connectivity index is 1.49. The molecule has 1 saturated carbocycles. The average Bonchev–Trinajstić information content (AvgIpc) is 3.30. The number of rotatable bonds is 7. The third-order valence-electron chi connectivity index (χ3n) is 6.12. The number of fused-ring (bicyclic) bond motifs is 1. The Morgan fingerprint density at radius 1 is 1.43 bits per heavy atom. The van der Waals surface area contributed by atoms with Gasteiger partial charge in [0.15, 0.2) is 0 Å². The van der Waals surface area contributed by atoms with Crippen molar-refractivity contribution in [2.45, 2.75) is 44.4 Å². The lowest BCUT2D eigenvalue weighted by Crippen LogP contribution is -2.31. The fourth-order valence-corrected chi connectivity index (χ4v) is 3.98. The number of hydrogen-bond donors (Lipinski definition) is 2. The number of allylic oxidation sites excluding steroid dienone is 1. The van der Waals surface area contributed by atoms with Crippen LogP contribution in [0, 0.1) is 5.92 Å². The molecule has 0 unspecified atom stereocenters. The molecule has 2 aromatic rings. The molecule has 3 heterocycles. The maximum Gasteiger partial charge on any atom is 0.220 e. The van der Waals surface area contributed by atoms with Crippen LogP contribution in [0.5, 0.6) is 5.75 Å². The number of aromatic nitrogens is 2. The van der Waals surface area contributed by atoms with Crippen molar-refractivity contribution < 1.29 is 14.3 Å². The number of hydrogen-bond acceptors (Lipinski definition) is 6. The summed E-state index contributed by atoms with van der Waals surface area (Å²) in [6, 6.07) is 4.73. The van der Waals surface area contributed by atoms with Gasteiger partial charge in [-0.25, -0.2) is 4.98 Å². The molecule has 0 spiro atoms. The molecule has 2 saturated heterocycles. The first kappa shape index (κ1) is 19.1. The van der Waals surface area contributed by atoms with Crippen LogP contribution in [0.4, 0.5) is 0 Å². The zero-order valence-electron chi connectivity index (χ0n) is 17.1. The maximum atomic E-state index is 11.6. The highest BCUT2D eigenvalue weighted by molar-refractivity contribution is 6.11. The first-order valence-electron chi connectivity index (χ1n) is 10.6. The van der Waals surface area contributed by atoms with Crippen LogP contribution in [0.15, 0.2) is 29.7 Å². The van der Waals surface area contributed by atoms with Gasteiger partial charge in [0.1, 0.15) is 17.4 Å². The number of ether oxygens (including phenoxy) is 2. The van der Waals surface area contributed by atoms with Crippen LogP contribution < -0.4 is 15.8 Å². The van der Waals surface area contributed by atoms with Gasteiger partial charge in [0.25, 0.3) is 0 Å². The van der Waals surface area contributed by atoms with Gasteiger partial charge in [-0.15, -0.1) is 0 Å². The van der Waals surface area contributed by atoms with Gasteiger partial charge in [0.2, 0.25) is 5.91 Å². The highest BCUT2D eigenvalue weighted by Gasteiger charge is 2.30. The Hall–Kier alpha value is -2.87. The molecule has 1 aromatic heterocycles. The molecule has 8 heteroatoms. The van der Waals surface area contributed by atoms with Gasteiger partial charge in [-0.05, 0) is 37.5 Å². The lowest BCUT2D eigenvalue weighted by Gasteiger charge is -2.22. The predicted molar refractivity (Wildman–Crippen MR) is 114 cm³/mol. The Bertz CT molecular complexity index is 1020. The zero-order chi connectivity index (χ0) is 20.7. The van der Waals surface area contributed by atoms with Gasteiger partial charge >= 0.3 is 0 Å². The highest BCUT2D eigenvalue weighted by atomic mass is 16.5. The summed E-state index contributed by atoms with van der Waals surface area (Å²) in [5.41, 5.74) is 9.54. The van der Waals surface area contributed by atoms with E-state index in [0.29, 0.717) is 32.2 Å². The smallest absolute Gasteiger partial charge is 0.220 e. The first-order chi connectivity index (χ1) is 14.6. The molecule has 1 amide bonds. The van der Waals surface area contributed by atoms with Crippen LogP contribution in [0.2, 0.25) is 0 Å². The quantitative estimate of drug-likeness (QED) is 0.681. The minimum atomic E-state index is -0.101. The molecule has 3 fully saturated rings. The predicted octanol–water partition coefficient (Wildman–Crippen LogP) is 2.04. The standard InChI is InChI=1S/C22H27N5O3/c1-13(15-6-21(28)25-8-15)30-20-5-14(16(7-23)9-24-17-10-29-11-17)4-19-22(20)27(12-26-19)18-2-3-18/h4-5,7,9,12-13,15,17-18H,2-3,6,8,10-11,23H2,1H3,(H,25,28)/t13-,15-/m1/s1. The minimum absolute atomic E-state index is 0.0851. The van der Waals surface area contributed by atoms with Crippen molar-refractivity contribution in [2.75, 3.05) is 19.8 Å². The van der Waals surface area contributed by atoms with E-state index in [2.05, 4.69) is 19.9 Å². The number of benzene rings is 1. The second kappa shape index (κ2) is 7.75. The Morgan fingerprint density at radius 3 is 2.90 bits per heavy atom. The summed E-state index contributed by atoms with van der Waals surface area (Å²) in [6.07, 6.45) is 7.98. The molecular weight excluding hydrogens is 382 g/mol. The van der Waals surface area contributed by atoms with E-state index in [-0.39, 0.29) is 24.0 Å². The molecule has 30 heavy (non-hydrogen) atoms. The third kappa shape index (κ3) is 3.67. The summed E-state index contributed by atoms with van der Waals surface area (Å²) >= 11 is 0. The number of carbonyl (C=O) groups is 1. The van der Waals surface area contributed by atoms with E-state index in [0.717, 1.165) is 40.8 Å². The van der Waals surface area contributed by atoms with Gasteiger partial charge in [-0.2, -0.15) is 0 Å². The number of imidazole rings is 1. The number of nitrogens with two attached hydrogens (primary N) is 1. The third-order valence-corrected chi connectivity index (χ3v) is 6.12. The summed E-state index contributed by atoms with van der Waals surface area (Å²) in [7, 11) is 0. The maximum absolute atomic E-state index is 11.6. The molecule has 0 radical (unpaired) electrons. The van der Waals surface area contributed by atoms with Crippen LogP contribution in [-0.2, 0) is 9.53 Å². The Labute approximate surface area is 175 Å². The van der Waals surface area contributed by atoms with E-state index in [1.54, 1.807) is 12.4 Å². The van der Waals surface area contributed by atoms with Crippen molar-refractivity contribution in [2.24, 2.45) is 16.6 Å². The number of nitrogens with one attached hydrogen (secondary N) is 1. The van der Waals surface area contributed by atoms with Crippen molar-refractivity contribution in [1.29, 1.82) is 0 Å². The van der Waals surface area contributed by atoms with Crippen LogP contribution >= 0.6 is 0 Å². The molecule has 0 bridgehead atoms.